The maximum Gasteiger partial charge on any atom is 0.160 e. The molecule has 1 aliphatic rings. The molecule has 98 valence electrons. The van der Waals surface area contributed by atoms with Crippen molar-refractivity contribution in [2.24, 2.45) is 10.9 Å². The van der Waals surface area contributed by atoms with Gasteiger partial charge < -0.3 is 20.1 Å². The third kappa shape index (κ3) is 4.01. The highest BCUT2D eigenvalue weighted by Gasteiger charge is 2.13. The molecule has 1 fully saturated rings. The van der Waals surface area contributed by atoms with Gasteiger partial charge in [0, 0.05) is 6.42 Å². The van der Waals surface area contributed by atoms with Gasteiger partial charge in [0.05, 0.1) is 26.0 Å². The zero-order valence-corrected chi connectivity index (χ0v) is 10.2. The van der Waals surface area contributed by atoms with Gasteiger partial charge in [-0.05, 0) is 24.1 Å². The first-order chi connectivity index (χ1) is 8.88. The van der Waals surface area contributed by atoms with E-state index >= 15 is 0 Å². The van der Waals surface area contributed by atoms with Gasteiger partial charge >= 0.3 is 0 Å². The molecule has 2 rings (SSSR count). The molecule has 18 heavy (non-hydrogen) atoms. The molecular formula is C13H18N2O3. The second-order valence-electron chi connectivity index (χ2n) is 4.01. The van der Waals surface area contributed by atoms with Crippen molar-refractivity contribution in [3.05, 3.63) is 29.8 Å². The van der Waals surface area contributed by atoms with Crippen LogP contribution in [0.5, 0.6) is 5.75 Å². The first kappa shape index (κ1) is 12.9. The predicted molar refractivity (Wildman–Crippen MR) is 68.6 cm³/mol. The van der Waals surface area contributed by atoms with E-state index in [2.05, 4.69) is 5.10 Å². The van der Waals surface area contributed by atoms with Crippen LogP contribution in [0.2, 0.25) is 0 Å². The van der Waals surface area contributed by atoms with Crippen LogP contribution in [0.1, 0.15) is 18.4 Å². The zero-order chi connectivity index (χ0) is 12.6. The lowest BCUT2D eigenvalue weighted by Gasteiger charge is -2.23. The topological polar surface area (TPSA) is 66.1 Å². The number of nitrogens with zero attached hydrogens (tertiary/aromatic N) is 1. The minimum atomic E-state index is -0.132. The molecule has 1 saturated heterocycles. The molecule has 0 unspecified atom stereocenters. The van der Waals surface area contributed by atoms with E-state index in [4.69, 9.17) is 20.1 Å². The summed E-state index contributed by atoms with van der Waals surface area (Å²) in [6.45, 7) is 2.11. The number of benzene rings is 1. The molecular weight excluding hydrogens is 232 g/mol. The lowest BCUT2D eigenvalue weighted by Crippen LogP contribution is -2.26. The SMILES string of the molecule is NN=Cc1cccc(OCCC2OCCCO2)c1. The Morgan fingerprint density at radius 3 is 3.00 bits per heavy atom. The van der Waals surface area contributed by atoms with E-state index in [1.165, 1.54) is 0 Å². The van der Waals surface area contributed by atoms with Crippen molar-refractivity contribution >= 4 is 6.21 Å². The predicted octanol–water partition coefficient (Wildman–Crippen LogP) is 1.51. The summed E-state index contributed by atoms with van der Waals surface area (Å²) in [5.74, 6) is 5.90. The summed E-state index contributed by atoms with van der Waals surface area (Å²) in [4.78, 5) is 0. The quantitative estimate of drug-likeness (QED) is 0.488. The second-order valence-corrected chi connectivity index (χ2v) is 4.01. The Hall–Kier alpha value is -1.59. The summed E-state index contributed by atoms with van der Waals surface area (Å²) in [6, 6.07) is 7.60. The van der Waals surface area contributed by atoms with Crippen LogP contribution in [-0.2, 0) is 9.47 Å². The maximum atomic E-state index is 5.63. The largest absolute Gasteiger partial charge is 0.493 e. The summed E-state index contributed by atoms with van der Waals surface area (Å²) in [7, 11) is 0. The van der Waals surface area contributed by atoms with Gasteiger partial charge in [-0.1, -0.05) is 12.1 Å². The lowest BCUT2D eigenvalue weighted by molar-refractivity contribution is -0.183. The molecule has 1 heterocycles. The fourth-order valence-electron chi connectivity index (χ4n) is 1.75. The van der Waals surface area contributed by atoms with Crippen molar-refractivity contribution in [1.29, 1.82) is 0 Å². The minimum absolute atomic E-state index is 0.132. The number of hydrazone groups is 1. The Balaban J connectivity index is 1.77. The molecule has 0 aromatic heterocycles. The third-order valence-electron chi connectivity index (χ3n) is 2.60. The van der Waals surface area contributed by atoms with Gasteiger partial charge in [-0.3, -0.25) is 0 Å². The average Bonchev–Trinajstić information content (AvgIpc) is 2.41. The standard InChI is InChI=1S/C13H18N2O3/c14-15-10-11-3-1-4-12(9-11)16-8-5-13-17-6-2-7-18-13/h1,3-4,9-10,13H,2,5-8,14H2. The highest BCUT2D eigenvalue weighted by atomic mass is 16.7. The normalized spacial score (nSPS) is 17.1. The van der Waals surface area contributed by atoms with Gasteiger partial charge in [0.2, 0.25) is 0 Å². The molecule has 0 spiro atoms. The van der Waals surface area contributed by atoms with E-state index in [1.54, 1.807) is 6.21 Å². The molecule has 5 heteroatoms. The molecule has 0 bridgehead atoms. The Kier molecular flexibility index (Phi) is 4.99. The van der Waals surface area contributed by atoms with Gasteiger partial charge in [-0.15, -0.1) is 0 Å². The van der Waals surface area contributed by atoms with Crippen molar-refractivity contribution in [3.63, 3.8) is 0 Å². The van der Waals surface area contributed by atoms with Gasteiger partial charge in [0.25, 0.3) is 0 Å². The van der Waals surface area contributed by atoms with Crippen LogP contribution in [0.4, 0.5) is 0 Å². The molecule has 1 aliphatic heterocycles. The van der Waals surface area contributed by atoms with E-state index < -0.39 is 0 Å². The molecule has 0 radical (unpaired) electrons. The van der Waals surface area contributed by atoms with Gasteiger partial charge in [-0.2, -0.15) is 5.10 Å². The van der Waals surface area contributed by atoms with E-state index in [1.807, 2.05) is 24.3 Å². The Morgan fingerprint density at radius 2 is 2.22 bits per heavy atom. The van der Waals surface area contributed by atoms with Crippen molar-refractivity contribution in [1.82, 2.24) is 0 Å². The monoisotopic (exact) mass is 250 g/mol. The number of hydrogen-bond donors (Lipinski definition) is 1. The van der Waals surface area contributed by atoms with Crippen molar-refractivity contribution in [2.75, 3.05) is 19.8 Å². The van der Waals surface area contributed by atoms with E-state index in [0.717, 1.165) is 37.4 Å². The molecule has 0 amide bonds. The molecule has 0 atom stereocenters. The smallest absolute Gasteiger partial charge is 0.160 e. The number of ether oxygens (including phenoxy) is 3. The molecule has 1 aromatic carbocycles. The molecule has 5 nitrogen and oxygen atoms in total. The third-order valence-corrected chi connectivity index (χ3v) is 2.60. The Labute approximate surface area is 107 Å². The highest BCUT2D eigenvalue weighted by Crippen LogP contribution is 2.14. The summed E-state index contributed by atoms with van der Waals surface area (Å²) in [6.07, 6.45) is 3.15. The number of nitrogens with two attached hydrogens (primary N) is 1. The zero-order valence-electron chi connectivity index (χ0n) is 10.2. The molecule has 1 aromatic rings. The first-order valence-corrected chi connectivity index (χ1v) is 6.08. The van der Waals surface area contributed by atoms with Gasteiger partial charge in [0.15, 0.2) is 6.29 Å². The number of hydrogen-bond acceptors (Lipinski definition) is 5. The second kappa shape index (κ2) is 6.98. The van der Waals surface area contributed by atoms with Crippen molar-refractivity contribution < 1.29 is 14.2 Å². The van der Waals surface area contributed by atoms with Crippen molar-refractivity contribution in [2.45, 2.75) is 19.1 Å². The summed E-state index contributed by atoms with van der Waals surface area (Å²) < 4.78 is 16.5. The van der Waals surface area contributed by atoms with Crippen LogP contribution in [0.15, 0.2) is 29.4 Å². The summed E-state index contributed by atoms with van der Waals surface area (Å²) in [5, 5.41) is 3.48. The van der Waals surface area contributed by atoms with Crippen LogP contribution in [0.3, 0.4) is 0 Å². The van der Waals surface area contributed by atoms with Crippen LogP contribution in [-0.4, -0.2) is 32.3 Å². The molecule has 0 saturated carbocycles. The fraction of sp³-hybridized carbons (Fsp3) is 0.462. The van der Waals surface area contributed by atoms with Crippen molar-refractivity contribution in [3.8, 4) is 5.75 Å². The van der Waals surface area contributed by atoms with E-state index in [-0.39, 0.29) is 6.29 Å². The average molecular weight is 250 g/mol. The van der Waals surface area contributed by atoms with Crippen LogP contribution < -0.4 is 10.6 Å². The van der Waals surface area contributed by atoms with E-state index in [9.17, 15) is 0 Å². The minimum Gasteiger partial charge on any atom is -0.493 e. The maximum absolute atomic E-state index is 5.63. The van der Waals surface area contributed by atoms with Gasteiger partial charge in [0.1, 0.15) is 5.75 Å². The Morgan fingerprint density at radius 1 is 1.39 bits per heavy atom. The van der Waals surface area contributed by atoms with Crippen LogP contribution in [0.25, 0.3) is 0 Å². The van der Waals surface area contributed by atoms with Gasteiger partial charge in [-0.25, -0.2) is 0 Å². The number of rotatable bonds is 5. The highest BCUT2D eigenvalue weighted by molar-refractivity contribution is 5.79. The van der Waals surface area contributed by atoms with Crippen LogP contribution in [0, 0.1) is 0 Å². The first-order valence-electron chi connectivity index (χ1n) is 6.08. The molecule has 0 aliphatic carbocycles. The Bertz CT molecular complexity index is 390. The van der Waals surface area contributed by atoms with E-state index in [0.29, 0.717) is 6.61 Å². The fourth-order valence-corrected chi connectivity index (χ4v) is 1.75. The molecule has 2 N–H and O–H groups in total. The summed E-state index contributed by atoms with van der Waals surface area (Å²) >= 11 is 0. The van der Waals surface area contributed by atoms with Crippen LogP contribution >= 0.6 is 0 Å². The summed E-state index contributed by atoms with van der Waals surface area (Å²) in [5.41, 5.74) is 0.917. The lowest BCUT2D eigenvalue weighted by atomic mass is 10.2.